The van der Waals surface area contributed by atoms with Crippen molar-refractivity contribution in [2.24, 2.45) is 5.73 Å². The van der Waals surface area contributed by atoms with Gasteiger partial charge >= 0.3 is 0 Å². The zero-order chi connectivity index (χ0) is 13.4. The normalized spacial score (nSPS) is 11.4. The lowest BCUT2D eigenvalue weighted by molar-refractivity contribution is 0.929. The summed E-state index contributed by atoms with van der Waals surface area (Å²) in [5, 5.41) is 3.17. The Morgan fingerprint density at radius 2 is 2.00 bits per heavy atom. The highest BCUT2D eigenvalue weighted by Crippen LogP contribution is 2.14. The third-order valence-corrected chi connectivity index (χ3v) is 2.88. The molecule has 1 aromatic carbocycles. The molecule has 18 heavy (non-hydrogen) atoms. The lowest BCUT2D eigenvalue weighted by Crippen LogP contribution is -2.09. The Morgan fingerprint density at radius 1 is 1.33 bits per heavy atom. The van der Waals surface area contributed by atoms with Crippen LogP contribution in [0.25, 0.3) is 0 Å². The molecule has 0 aliphatic rings. The molecule has 0 saturated heterocycles. The van der Waals surface area contributed by atoms with E-state index in [2.05, 4.69) is 56.1 Å². The molecule has 0 aromatic heterocycles. The quantitative estimate of drug-likeness (QED) is 0.715. The lowest BCUT2D eigenvalue weighted by Gasteiger charge is -2.08. The van der Waals surface area contributed by atoms with Gasteiger partial charge in [0.2, 0.25) is 0 Å². The van der Waals surface area contributed by atoms with Crippen molar-refractivity contribution in [2.75, 3.05) is 11.9 Å². The van der Waals surface area contributed by atoms with Gasteiger partial charge in [-0.15, -0.1) is 0 Å². The van der Waals surface area contributed by atoms with Crippen molar-refractivity contribution in [2.45, 2.75) is 33.1 Å². The molecule has 0 aliphatic heterocycles. The van der Waals surface area contributed by atoms with E-state index in [1.165, 1.54) is 11.1 Å². The first-order valence-electron chi connectivity index (χ1n) is 6.55. The van der Waals surface area contributed by atoms with Crippen LogP contribution in [0, 0.1) is 0 Å². The molecule has 0 saturated carbocycles. The van der Waals surface area contributed by atoms with E-state index in [9.17, 15) is 0 Å². The first-order chi connectivity index (χ1) is 8.65. The first kappa shape index (κ1) is 14.5. The molecule has 2 heteroatoms. The van der Waals surface area contributed by atoms with Gasteiger partial charge in [0.15, 0.2) is 0 Å². The van der Waals surface area contributed by atoms with Crippen LogP contribution in [0.15, 0.2) is 48.2 Å². The molecule has 0 amide bonds. The van der Waals surface area contributed by atoms with E-state index in [1.807, 2.05) is 0 Å². The molecule has 0 heterocycles. The average Bonchev–Trinajstić information content (AvgIpc) is 2.38. The van der Waals surface area contributed by atoms with Gasteiger partial charge in [-0.25, -0.2) is 0 Å². The third-order valence-electron chi connectivity index (χ3n) is 2.88. The highest BCUT2D eigenvalue weighted by molar-refractivity contribution is 5.49. The summed E-state index contributed by atoms with van der Waals surface area (Å²) >= 11 is 0. The summed E-state index contributed by atoms with van der Waals surface area (Å²) in [6.07, 6.45) is 5.65. The predicted molar refractivity (Wildman–Crippen MR) is 80.6 cm³/mol. The van der Waals surface area contributed by atoms with E-state index < -0.39 is 0 Å². The fraction of sp³-hybridized carbons (Fsp3) is 0.375. The molecule has 0 atom stereocenters. The van der Waals surface area contributed by atoms with Crippen molar-refractivity contribution < 1.29 is 0 Å². The van der Waals surface area contributed by atoms with Crippen LogP contribution in [0.2, 0.25) is 0 Å². The minimum absolute atomic E-state index is 0.461. The standard InChI is InChI=1S/C16H24N2/c1-4-5-13(2)6-7-15-8-10-16(11-9-15)18-14(3)12-17/h5,8-11,18H,3-4,6-7,12,17H2,1-2H3. The maximum Gasteiger partial charge on any atom is 0.0382 e. The van der Waals surface area contributed by atoms with Crippen molar-refractivity contribution in [1.29, 1.82) is 0 Å². The topological polar surface area (TPSA) is 38.0 Å². The maximum absolute atomic E-state index is 5.49. The SMILES string of the molecule is C=C(CN)Nc1ccc(CCC(C)=CCC)cc1. The number of anilines is 1. The Labute approximate surface area is 111 Å². The molecule has 0 radical (unpaired) electrons. The van der Waals surface area contributed by atoms with Crippen molar-refractivity contribution >= 4 is 5.69 Å². The van der Waals surface area contributed by atoms with Crippen LogP contribution in [-0.4, -0.2) is 6.54 Å². The molecule has 98 valence electrons. The van der Waals surface area contributed by atoms with Gasteiger partial charge in [-0.05, 0) is 43.9 Å². The zero-order valence-corrected chi connectivity index (χ0v) is 11.5. The molecular weight excluding hydrogens is 220 g/mol. The summed E-state index contributed by atoms with van der Waals surface area (Å²) in [5.41, 5.74) is 10.2. The number of allylic oxidation sites excluding steroid dienone is 2. The largest absolute Gasteiger partial charge is 0.358 e. The molecule has 1 aromatic rings. The molecule has 0 bridgehead atoms. The van der Waals surface area contributed by atoms with Gasteiger partial charge in [-0.2, -0.15) is 0 Å². The summed E-state index contributed by atoms with van der Waals surface area (Å²) in [5.74, 6) is 0. The van der Waals surface area contributed by atoms with Gasteiger partial charge in [0.25, 0.3) is 0 Å². The average molecular weight is 244 g/mol. The van der Waals surface area contributed by atoms with Crippen LogP contribution in [-0.2, 0) is 6.42 Å². The summed E-state index contributed by atoms with van der Waals surface area (Å²) in [4.78, 5) is 0. The number of benzene rings is 1. The molecular formula is C16H24N2. The number of nitrogens with one attached hydrogen (secondary N) is 1. The fourth-order valence-corrected chi connectivity index (χ4v) is 1.80. The van der Waals surface area contributed by atoms with Crippen LogP contribution in [0.4, 0.5) is 5.69 Å². The summed E-state index contributed by atoms with van der Waals surface area (Å²) in [6, 6.07) is 8.47. The molecule has 3 N–H and O–H groups in total. The Morgan fingerprint density at radius 3 is 2.56 bits per heavy atom. The smallest absolute Gasteiger partial charge is 0.0382 e. The van der Waals surface area contributed by atoms with Crippen molar-refractivity contribution in [3.63, 3.8) is 0 Å². The molecule has 0 unspecified atom stereocenters. The Balaban J connectivity index is 2.50. The van der Waals surface area contributed by atoms with E-state index in [4.69, 9.17) is 5.73 Å². The van der Waals surface area contributed by atoms with Gasteiger partial charge in [0.1, 0.15) is 0 Å². The van der Waals surface area contributed by atoms with Crippen LogP contribution in [0.3, 0.4) is 0 Å². The number of nitrogens with two attached hydrogens (primary N) is 1. The minimum Gasteiger partial charge on any atom is -0.358 e. The van der Waals surface area contributed by atoms with Crippen molar-refractivity contribution in [3.8, 4) is 0 Å². The zero-order valence-electron chi connectivity index (χ0n) is 11.5. The van der Waals surface area contributed by atoms with E-state index >= 15 is 0 Å². The monoisotopic (exact) mass is 244 g/mol. The second-order valence-corrected chi connectivity index (χ2v) is 4.59. The van der Waals surface area contributed by atoms with Gasteiger partial charge < -0.3 is 11.1 Å². The number of aryl methyl sites for hydroxylation is 1. The first-order valence-corrected chi connectivity index (χ1v) is 6.55. The third kappa shape index (κ3) is 5.19. The predicted octanol–water partition coefficient (Wildman–Crippen LogP) is 3.86. The second-order valence-electron chi connectivity index (χ2n) is 4.59. The molecule has 0 fully saturated rings. The van der Waals surface area contributed by atoms with Crippen LogP contribution >= 0.6 is 0 Å². The van der Waals surface area contributed by atoms with E-state index in [-0.39, 0.29) is 0 Å². The van der Waals surface area contributed by atoms with Gasteiger partial charge in [0, 0.05) is 17.9 Å². The number of hydrogen-bond donors (Lipinski definition) is 2. The summed E-state index contributed by atoms with van der Waals surface area (Å²) < 4.78 is 0. The summed E-state index contributed by atoms with van der Waals surface area (Å²) in [7, 11) is 0. The van der Waals surface area contributed by atoms with Crippen molar-refractivity contribution in [1.82, 2.24) is 0 Å². The van der Waals surface area contributed by atoms with E-state index in [0.717, 1.165) is 30.6 Å². The molecule has 2 nitrogen and oxygen atoms in total. The van der Waals surface area contributed by atoms with E-state index in [0.29, 0.717) is 6.54 Å². The van der Waals surface area contributed by atoms with Crippen LogP contribution < -0.4 is 11.1 Å². The highest BCUT2D eigenvalue weighted by atomic mass is 14.9. The minimum atomic E-state index is 0.461. The van der Waals surface area contributed by atoms with E-state index in [1.54, 1.807) is 0 Å². The maximum atomic E-state index is 5.49. The van der Waals surface area contributed by atoms with Crippen molar-refractivity contribution in [3.05, 3.63) is 53.8 Å². The second kappa shape index (κ2) is 7.72. The van der Waals surface area contributed by atoms with Crippen LogP contribution in [0.1, 0.15) is 32.3 Å². The van der Waals surface area contributed by atoms with Gasteiger partial charge in [-0.3, -0.25) is 0 Å². The van der Waals surface area contributed by atoms with Crippen LogP contribution in [0.5, 0.6) is 0 Å². The molecule has 0 spiro atoms. The number of hydrogen-bond acceptors (Lipinski definition) is 2. The Kier molecular flexibility index (Phi) is 6.23. The lowest BCUT2D eigenvalue weighted by atomic mass is 10.0. The summed E-state index contributed by atoms with van der Waals surface area (Å²) in [6.45, 7) is 8.66. The number of rotatable bonds is 7. The highest BCUT2D eigenvalue weighted by Gasteiger charge is 1.97. The van der Waals surface area contributed by atoms with Gasteiger partial charge in [0.05, 0.1) is 0 Å². The van der Waals surface area contributed by atoms with Gasteiger partial charge in [-0.1, -0.05) is 37.3 Å². The molecule has 1 rings (SSSR count). The fourth-order valence-electron chi connectivity index (χ4n) is 1.80. The Bertz CT molecular complexity index is 402. The molecule has 0 aliphatic carbocycles. The Hall–Kier alpha value is -1.54.